The van der Waals surface area contributed by atoms with Crippen LogP contribution in [0.2, 0.25) is 5.02 Å². The maximum atomic E-state index is 14.2. The fourth-order valence-corrected chi connectivity index (χ4v) is 4.33. The number of sulfonamides is 1. The van der Waals surface area contributed by atoms with Crippen molar-refractivity contribution in [3.63, 3.8) is 0 Å². The third-order valence-corrected chi connectivity index (χ3v) is 6.26. The monoisotopic (exact) mass is 482 g/mol. The Hall–Kier alpha value is -2.52. The van der Waals surface area contributed by atoms with Crippen molar-refractivity contribution in [1.29, 1.82) is 0 Å². The summed E-state index contributed by atoms with van der Waals surface area (Å²) in [7, 11) is -1.96. The van der Waals surface area contributed by atoms with Gasteiger partial charge < -0.3 is 15.0 Å². The minimum atomic E-state index is -3.60. The van der Waals surface area contributed by atoms with E-state index in [9.17, 15) is 12.8 Å². The summed E-state index contributed by atoms with van der Waals surface area (Å²) in [5.74, 6) is 0.472. The number of methoxy groups -OCH3 is 1. The molecule has 1 atom stereocenters. The van der Waals surface area contributed by atoms with Gasteiger partial charge in [0.1, 0.15) is 11.6 Å². The van der Waals surface area contributed by atoms with E-state index in [1.165, 1.54) is 12.1 Å². The van der Waals surface area contributed by atoms with Crippen molar-refractivity contribution >= 4 is 39.0 Å². The maximum Gasteiger partial charge on any atom is 0.232 e. The molecule has 0 spiro atoms. The number of ether oxygens (including phenoxy) is 1. The van der Waals surface area contributed by atoms with Gasteiger partial charge in [-0.1, -0.05) is 11.6 Å². The quantitative estimate of drug-likeness (QED) is 0.478. The highest BCUT2D eigenvalue weighted by atomic mass is 35.5. The van der Waals surface area contributed by atoms with Crippen molar-refractivity contribution in [1.82, 2.24) is 4.72 Å². The Morgan fingerprint density at radius 1 is 1.22 bits per heavy atom. The molecule has 2 aromatic rings. The molecule has 174 valence electrons. The lowest BCUT2D eigenvalue weighted by Gasteiger charge is -2.35. The van der Waals surface area contributed by atoms with Crippen molar-refractivity contribution in [2.24, 2.45) is 10.9 Å². The number of rotatable bonds is 6. The number of guanidine groups is 1. The molecule has 0 radical (unpaired) electrons. The number of hydrogen-bond donors (Lipinski definition) is 2. The van der Waals surface area contributed by atoms with Gasteiger partial charge >= 0.3 is 0 Å². The van der Waals surface area contributed by atoms with Crippen LogP contribution in [-0.2, 0) is 10.0 Å². The average molecular weight is 483 g/mol. The molecule has 1 aliphatic rings. The second-order valence-electron chi connectivity index (χ2n) is 7.86. The number of nitrogens with one attached hydrogen (secondary N) is 2. The van der Waals surface area contributed by atoms with Crippen LogP contribution in [-0.4, -0.2) is 46.9 Å². The van der Waals surface area contributed by atoms with E-state index in [-0.39, 0.29) is 28.6 Å². The van der Waals surface area contributed by atoms with E-state index >= 15 is 0 Å². The Labute approximate surface area is 193 Å². The first-order valence-electron chi connectivity index (χ1n) is 10.3. The topological polar surface area (TPSA) is 83.0 Å². The number of piperidine rings is 1. The van der Waals surface area contributed by atoms with Gasteiger partial charge in [-0.2, -0.15) is 0 Å². The van der Waals surface area contributed by atoms with Crippen molar-refractivity contribution < 1.29 is 17.5 Å². The second kappa shape index (κ2) is 10.4. The van der Waals surface area contributed by atoms with E-state index in [0.29, 0.717) is 0 Å². The van der Waals surface area contributed by atoms with Crippen LogP contribution in [0.15, 0.2) is 47.5 Å². The van der Waals surface area contributed by atoms with Crippen LogP contribution in [0.5, 0.6) is 5.75 Å². The van der Waals surface area contributed by atoms with E-state index in [1.54, 1.807) is 7.11 Å². The van der Waals surface area contributed by atoms with Gasteiger partial charge in [-0.05, 0) is 68.1 Å². The first kappa shape index (κ1) is 24.1. The van der Waals surface area contributed by atoms with E-state index in [2.05, 4.69) is 19.9 Å². The van der Waals surface area contributed by atoms with Gasteiger partial charge in [-0.15, -0.1) is 0 Å². The zero-order valence-corrected chi connectivity index (χ0v) is 19.9. The summed E-state index contributed by atoms with van der Waals surface area (Å²) >= 11 is 5.80. The molecule has 10 heteroatoms. The summed E-state index contributed by atoms with van der Waals surface area (Å²) in [5, 5.41) is 3.00. The number of nitrogens with zero attached hydrogens (tertiary/aromatic N) is 2. The molecule has 1 aliphatic heterocycles. The number of benzene rings is 2. The predicted octanol–water partition coefficient (Wildman–Crippen LogP) is 4.11. The molecule has 0 saturated carbocycles. The van der Waals surface area contributed by atoms with Crippen molar-refractivity contribution in [3.8, 4) is 5.75 Å². The van der Waals surface area contributed by atoms with E-state index < -0.39 is 15.8 Å². The summed E-state index contributed by atoms with van der Waals surface area (Å²) in [6, 6.07) is 11.9. The van der Waals surface area contributed by atoms with Gasteiger partial charge in [0.25, 0.3) is 0 Å². The van der Waals surface area contributed by atoms with Crippen LogP contribution in [0.1, 0.15) is 19.8 Å². The Balaban J connectivity index is 1.68. The third-order valence-electron chi connectivity index (χ3n) is 5.46. The molecule has 0 amide bonds. The van der Waals surface area contributed by atoms with E-state index in [0.717, 1.165) is 49.7 Å². The fourth-order valence-electron chi connectivity index (χ4n) is 3.72. The van der Waals surface area contributed by atoms with Gasteiger partial charge in [-0.3, -0.25) is 4.72 Å². The highest BCUT2D eigenvalue weighted by Gasteiger charge is 2.25. The first-order chi connectivity index (χ1) is 15.1. The summed E-state index contributed by atoms with van der Waals surface area (Å²) in [6.45, 7) is 3.67. The fraction of sp³-hybridized carbons (Fsp3) is 0.409. The lowest BCUT2D eigenvalue weighted by molar-refractivity contribution is 0.355. The number of halogens is 2. The normalized spacial score (nSPS) is 16.5. The van der Waals surface area contributed by atoms with E-state index in [4.69, 9.17) is 16.3 Å². The molecule has 0 aliphatic carbocycles. The molecule has 2 aromatic carbocycles. The van der Waals surface area contributed by atoms with Crippen molar-refractivity contribution in [2.45, 2.75) is 25.8 Å². The molecule has 0 aromatic heterocycles. The Morgan fingerprint density at radius 3 is 2.44 bits per heavy atom. The molecule has 0 bridgehead atoms. The lowest BCUT2D eigenvalue weighted by atomic mass is 9.90. The molecule has 7 nitrogen and oxygen atoms in total. The molecule has 3 rings (SSSR count). The standard InChI is InChI=1S/C22H28ClFN4O3S/c1-15(16-10-12-28(13-11-16)18-5-7-19(31-2)8-6-18)25-22(27-32(3,29)30)26-21-9-4-17(23)14-20(21)24/h4-9,14-16H,10-13H2,1-3H3,(H2,25,26,27)/t15-/m0/s1. The molecular weight excluding hydrogens is 455 g/mol. The molecular formula is C22H28ClFN4O3S. The Morgan fingerprint density at radius 2 is 1.88 bits per heavy atom. The molecule has 1 heterocycles. The SMILES string of the molecule is COc1ccc(N2CCC([C@H](C)N=C(Nc3ccc(Cl)cc3F)NS(C)(=O)=O)CC2)cc1. The highest BCUT2D eigenvalue weighted by molar-refractivity contribution is 7.89. The Bertz CT molecular complexity index is 1060. The van der Waals surface area contributed by atoms with Gasteiger partial charge in [0.05, 0.1) is 25.1 Å². The molecule has 32 heavy (non-hydrogen) atoms. The molecule has 2 N–H and O–H groups in total. The molecule has 0 unspecified atom stereocenters. The number of anilines is 2. The minimum Gasteiger partial charge on any atom is -0.497 e. The van der Waals surface area contributed by atoms with Crippen LogP contribution in [0.3, 0.4) is 0 Å². The largest absolute Gasteiger partial charge is 0.497 e. The summed E-state index contributed by atoms with van der Waals surface area (Å²) in [5.41, 5.74) is 1.23. The van der Waals surface area contributed by atoms with Gasteiger partial charge in [0.15, 0.2) is 0 Å². The lowest BCUT2D eigenvalue weighted by Crippen LogP contribution is -2.39. The van der Waals surface area contributed by atoms with Crippen LogP contribution >= 0.6 is 11.6 Å². The summed E-state index contributed by atoms with van der Waals surface area (Å²) in [6.07, 6.45) is 2.83. The van der Waals surface area contributed by atoms with Gasteiger partial charge in [-0.25, -0.2) is 17.8 Å². The third kappa shape index (κ3) is 6.74. The second-order valence-corrected chi connectivity index (χ2v) is 10.0. The first-order valence-corrected chi connectivity index (χ1v) is 12.6. The van der Waals surface area contributed by atoms with Crippen molar-refractivity contribution in [3.05, 3.63) is 53.3 Å². The highest BCUT2D eigenvalue weighted by Crippen LogP contribution is 2.28. The smallest absolute Gasteiger partial charge is 0.232 e. The average Bonchev–Trinajstić information content (AvgIpc) is 2.74. The maximum absolute atomic E-state index is 14.2. The molecule has 1 saturated heterocycles. The van der Waals surface area contributed by atoms with Gasteiger partial charge in [0, 0.05) is 23.8 Å². The van der Waals surface area contributed by atoms with Crippen LogP contribution in [0, 0.1) is 11.7 Å². The van der Waals surface area contributed by atoms with Gasteiger partial charge in [0.2, 0.25) is 16.0 Å². The van der Waals surface area contributed by atoms with Crippen molar-refractivity contribution in [2.75, 3.05) is 36.7 Å². The predicted molar refractivity (Wildman–Crippen MR) is 128 cm³/mol. The zero-order chi connectivity index (χ0) is 23.3. The zero-order valence-electron chi connectivity index (χ0n) is 18.3. The molecule has 1 fully saturated rings. The minimum absolute atomic E-state index is 0.0150. The van der Waals surface area contributed by atoms with E-state index in [1.807, 2.05) is 31.2 Å². The number of aliphatic imine (C=N–C) groups is 1. The van der Waals surface area contributed by atoms with Crippen LogP contribution < -0.4 is 19.7 Å². The Kier molecular flexibility index (Phi) is 7.84. The van der Waals surface area contributed by atoms with Crippen LogP contribution in [0.25, 0.3) is 0 Å². The number of hydrogen-bond acceptors (Lipinski definition) is 5. The van der Waals surface area contributed by atoms with Crippen LogP contribution in [0.4, 0.5) is 15.8 Å². The summed E-state index contributed by atoms with van der Waals surface area (Å²) in [4.78, 5) is 6.85. The summed E-state index contributed by atoms with van der Waals surface area (Å²) < 4.78 is 45.4.